The molecule has 28 heavy (non-hydrogen) atoms. The van der Waals surface area contributed by atoms with Crippen LogP contribution < -0.4 is 5.32 Å². The Balaban J connectivity index is 1.83. The van der Waals surface area contributed by atoms with Crippen molar-refractivity contribution in [2.45, 2.75) is 39.8 Å². The lowest BCUT2D eigenvalue weighted by Gasteiger charge is -2.16. The molecule has 3 rings (SSSR count). The van der Waals surface area contributed by atoms with Gasteiger partial charge in [-0.25, -0.2) is 8.78 Å². The Morgan fingerprint density at radius 2 is 1.71 bits per heavy atom. The summed E-state index contributed by atoms with van der Waals surface area (Å²) in [4.78, 5) is 12.8. The van der Waals surface area contributed by atoms with Gasteiger partial charge in [-0.15, -0.1) is 0 Å². The van der Waals surface area contributed by atoms with Gasteiger partial charge < -0.3 is 9.88 Å². The number of amides is 1. The third kappa shape index (κ3) is 4.30. The molecule has 0 spiro atoms. The molecule has 0 bridgehead atoms. The summed E-state index contributed by atoms with van der Waals surface area (Å²) < 4.78 is 28.6. The molecule has 0 aliphatic heterocycles. The van der Waals surface area contributed by atoms with Crippen molar-refractivity contribution in [3.05, 3.63) is 94.3 Å². The van der Waals surface area contributed by atoms with Gasteiger partial charge in [-0.05, 0) is 42.2 Å². The molecule has 0 saturated heterocycles. The SMILES string of the molecule is Cc1cc(C(=O)NCc2ccc(F)c(F)c2)c(C(C)C)n1Cc1ccccc1. The Labute approximate surface area is 164 Å². The minimum atomic E-state index is -0.917. The van der Waals surface area contributed by atoms with E-state index in [1.807, 2.05) is 31.2 Å². The number of nitrogens with one attached hydrogen (secondary N) is 1. The second-order valence-electron chi connectivity index (χ2n) is 7.24. The van der Waals surface area contributed by atoms with E-state index in [0.717, 1.165) is 29.1 Å². The van der Waals surface area contributed by atoms with E-state index < -0.39 is 11.6 Å². The van der Waals surface area contributed by atoms with Gasteiger partial charge in [-0.2, -0.15) is 0 Å². The molecular formula is C23H24F2N2O. The molecule has 0 radical (unpaired) electrons. The average Bonchev–Trinajstić information content (AvgIpc) is 3.00. The molecule has 1 aromatic heterocycles. The van der Waals surface area contributed by atoms with Crippen molar-refractivity contribution in [2.75, 3.05) is 0 Å². The molecule has 0 atom stereocenters. The molecule has 1 N–H and O–H groups in total. The predicted molar refractivity (Wildman–Crippen MR) is 106 cm³/mol. The first kappa shape index (κ1) is 19.8. The quantitative estimate of drug-likeness (QED) is 0.626. The molecule has 0 unspecified atom stereocenters. The fourth-order valence-electron chi connectivity index (χ4n) is 3.40. The first-order chi connectivity index (χ1) is 13.4. The van der Waals surface area contributed by atoms with Gasteiger partial charge in [0.25, 0.3) is 5.91 Å². The highest BCUT2D eigenvalue weighted by Crippen LogP contribution is 2.25. The van der Waals surface area contributed by atoms with Gasteiger partial charge in [0, 0.05) is 24.5 Å². The summed E-state index contributed by atoms with van der Waals surface area (Å²) in [6, 6.07) is 15.6. The zero-order chi connectivity index (χ0) is 20.3. The van der Waals surface area contributed by atoms with E-state index in [1.165, 1.54) is 6.07 Å². The van der Waals surface area contributed by atoms with Crippen molar-refractivity contribution in [1.29, 1.82) is 0 Å². The topological polar surface area (TPSA) is 34.0 Å². The second-order valence-corrected chi connectivity index (χ2v) is 7.24. The van der Waals surface area contributed by atoms with E-state index in [2.05, 4.69) is 35.9 Å². The lowest BCUT2D eigenvalue weighted by Crippen LogP contribution is -2.24. The van der Waals surface area contributed by atoms with Crippen LogP contribution >= 0.6 is 0 Å². The van der Waals surface area contributed by atoms with Crippen LogP contribution in [0.3, 0.4) is 0 Å². The zero-order valence-corrected chi connectivity index (χ0v) is 16.3. The molecule has 5 heteroatoms. The highest BCUT2D eigenvalue weighted by molar-refractivity contribution is 5.96. The summed E-state index contributed by atoms with van der Waals surface area (Å²) in [5.41, 5.74) is 4.26. The summed E-state index contributed by atoms with van der Waals surface area (Å²) in [7, 11) is 0. The van der Waals surface area contributed by atoms with Gasteiger partial charge >= 0.3 is 0 Å². The minimum absolute atomic E-state index is 0.135. The largest absolute Gasteiger partial charge is 0.348 e. The third-order valence-corrected chi connectivity index (χ3v) is 4.76. The van der Waals surface area contributed by atoms with Gasteiger partial charge in [0.1, 0.15) is 0 Å². The van der Waals surface area contributed by atoms with Crippen LogP contribution in [-0.4, -0.2) is 10.5 Å². The Morgan fingerprint density at radius 1 is 1.00 bits per heavy atom. The maximum Gasteiger partial charge on any atom is 0.253 e. The average molecular weight is 382 g/mol. The molecule has 0 fully saturated rings. The molecule has 0 saturated carbocycles. The van der Waals surface area contributed by atoms with Crippen molar-refractivity contribution in [3.63, 3.8) is 0 Å². The monoisotopic (exact) mass is 382 g/mol. The van der Waals surface area contributed by atoms with Crippen molar-refractivity contribution in [2.24, 2.45) is 0 Å². The van der Waals surface area contributed by atoms with E-state index in [-0.39, 0.29) is 18.4 Å². The molecule has 146 valence electrons. The number of halogens is 2. The van der Waals surface area contributed by atoms with Crippen LogP contribution in [0.1, 0.15) is 52.6 Å². The van der Waals surface area contributed by atoms with Gasteiger partial charge in [0.05, 0.1) is 5.56 Å². The van der Waals surface area contributed by atoms with Crippen LogP contribution in [0.5, 0.6) is 0 Å². The number of hydrogen-bond donors (Lipinski definition) is 1. The van der Waals surface area contributed by atoms with E-state index in [1.54, 1.807) is 0 Å². The molecule has 0 aliphatic rings. The van der Waals surface area contributed by atoms with E-state index in [0.29, 0.717) is 17.7 Å². The maximum atomic E-state index is 13.4. The van der Waals surface area contributed by atoms with Crippen molar-refractivity contribution in [3.8, 4) is 0 Å². The predicted octanol–water partition coefficient (Wildman–Crippen LogP) is 5.18. The standard InChI is InChI=1S/C23H24F2N2O/c1-15(2)22-19(11-16(3)27(22)14-17-7-5-4-6-8-17)23(28)26-13-18-9-10-20(24)21(25)12-18/h4-12,15H,13-14H2,1-3H3,(H,26,28). The number of aromatic nitrogens is 1. The van der Waals surface area contributed by atoms with Gasteiger partial charge in [0.15, 0.2) is 11.6 Å². The third-order valence-electron chi connectivity index (χ3n) is 4.76. The van der Waals surface area contributed by atoms with Crippen LogP contribution in [0.2, 0.25) is 0 Å². The van der Waals surface area contributed by atoms with E-state index >= 15 is 0 Å². The summed E-state index contributed by atoms with van der Waals surface area (Å²) in [5.74, 6) is -1.88. The Bertz CT molecular complexity index is 978. The number of carbonyl (C=O) groups excluding carboxylic acids is 1. The lowest BCUT2D eigenvalue weighted by molar-refractivity contribution is 0.0949. The Morgan fingerprint density at radius 3 is 2.36 bits per heavy atom. The first-order valence-corrected chi connectivity index (χ1v) is 9.33. The van der Waals surface area contributed by atoms with E-state index in [9.17, 15) is 13.6 Å². The first-order valence-electron chi connectivity index (χ1n) is 9.33. The molecule has 2 aromatic carbocycles. The maximum absolute atomic E-state index is 13.4. The Kier molecular flexibility index (Phi) is 5.93. The summed E-state index contributed by atoms with van der Waals surface area (Å²) in [6.07, 6.45) is 0. The molecule has 3 aromatic rings. The molecule has 0 aliphatic carbocycles. The number of nitrogens with zero attached hydrogens (tertiary/aromatic N) is 1. The number of rotatable bonds is 6. The van der Waals surface area contributed by atoms with Gasteiger partial charge in [-0.3, -0.25) is 4.79 Å². The fraction of sp³-hybridized carbons (Fsp3) is 0.261. The number of aryl methyl sites for hydroxylation is 1. The van der Waals surface area contributed by atoms with Crippen molar-refractivity contribution in [1.82, 2.24) is 9.88 Å². The van der Waals surface area contributed by atoms with Crippen LogP contribution in [0.25, 0.3) is 0 Å². The summed E-state index contributed by atoms with van der Waals surface area (Å²) in [6.45, 7) is 6.93. The van der Waals surface area contributed by atoms with Crippen LogP contribution in [-0.2, 0) is 13.1 Å². The molecule has 3 nitrogen and oxygen atoms in total. The van der Waals surface area contributed by atoms with Gasteiger partial charge in [0.2, 0.25) is 0 Å². The molecule has 1 heterocycles. The molecule has 1 amide bonds. The van der Waals surface area contributed by atoms with Crippen molar-refractivity contribution >= 4 is 5.91 Å². The van der Waals surface area contributed by atoms with Crippen LogP contribution in [0.15, 0.2) is 54.6 Å². The zero-order valence-electron chi connectivity index (χ0n) is 16.3. The smallest absolute Gasteiger partial charge is 0.253 e. The van der Waals surface area contributed by atoms with Crippen molar-refractivity contribution < 1.29 is 13.6 Å². The highest BCUT2D eigenvalue weighted by atomic mass is 19.2. The number of carbonyl (C=O) groups is 1. The lowest BCUT2D eigenvalue weighted by atomic mass is 10.0. The number of benzene rings is 2. The van der Waals surface area contributed by atoms with E-state index in [4.69, 9.17) is 0 Å². The second kappa shape index (κ2) is 8.38. The van der Waals surface area contributed by atoms with Crippen LogP contribution in [0.4, 0.5) is 8.78 Å². The summed E-state index contributed by atoms with van der Waals surface area (Å²) >= 11 is 0. The normalized spacial score (nSPS) is 11.1. The highest BCUT2D eigenvalue weighted by Gasteiger charge is 2.21. The molecular weight excluding hydrogens is 358 g/mol. The van der Waals surface area contributed by atoms with Gasteiger partial charge in [-0.1, -0.05) is 50.2 Å². The Hall–Kier alpha value is -2.95. The summed E-state index contributed by atoms with van der Waals surface area (Å²) in [5, 5.41) is 2.82. The van der Waals surface area contributed by atoms with Crippen LogP contribution in [0, 0.1) is 18.6 Å². The fourth-order valence-corrected chi connectivity index (χ4v) is 3.40. The minimum Gasteiger partial charge on any atom is -0.348 e. The number of hydrogen-bond acceptors (Lipinski definition) is 1.